The van der Waals surface area contributed by atoms with E-state index in [1.165, 1.54) is 5.56 Å². The first kappa shape index (κ1) is 14.5. The second-order valence-corrected chi connectivity index (χ2v) is 5.35. The predicted octanol–water partition coefficient (Wildman–Crippen LogP) is 1.53. The topological polar surface area (TPSA) is 59.0 Å². The number of hydrogen-bond acceptors (Lipinski definition) is 3. The fraction of sp³-hybridized carbons (Fsp3) is 0.467. The van der Waals surface area contributed by atoms with Crippen LogP contribution in [0.5, 0.6) is 0 Å². The molecule has 0 atom stereocenters. The van der Waals surface area contributed by atoms with Crippen molar-refractivity contribution < 1.29 is 4.79 Å². The molecule has 0 radical (unpaired) electrons. The Balaban J connectivity index is 2.23. The summed E-state index contributed by atoms with van der Waals surface area (Å²) in [4.78, 5) is 15.9. The van der Waals surface area contributed by atoms with E-state index in [9.17, 15) is 4.79 Å². The van der Waals surface area contributed by atoms with Crippen LogP contribution in [0.2, 0.25) is 0 Å². The first-order chi connectivity index (χ1) is 9.61. The molecule has 0 aliphatic carbocycles. The molecule has 2 heterocycles. The molecule has 0 unspecified atom stereocenters. The van der Waals surface area contributed by atoms with Crippen molar-refractivity contribution in [2.75, 3.05) is 13.6 Å². The predicted molar refractivity (Wildman–Crippen MR) is 80.3 cm³/mol. The van der Waals surface area contributed by atoms with Gasteiger partial charge >= 0.3 is 0 Å². The monoisotopic (exact) mass is 274 g/mol. The highest BCUT2D eigenvalue weighted by Crippen LogP contribution is 2.19. The van der Waals surface area contributed by atoms with Crippen LogP contribution in [0.4, 0.5) is 0 Å². The van der Waals surface area contributed by atoms with Crippen LogP contribution >= 0.6 is 0 Å². The standard InChI is InChI=1S/C15H22N4O/c1-11(2)7-17-8-12-9-19(10-14(20)16-3)15-13(12)5-4-6-18-15/h4-6,9,11,17H,7-8,10H2,1-3H3,(H,16,20). The van der Waals surface area contributed by atoms with Gasteiger partial charge in [-0.15, -0.1) is 0 Å². The number of amides is 1. The highest BCUT2D eigenvalue weighted by Gasteiger charge is 2.11. The number of likely N-dealkylation sites (N-methyl/N-ethyl adjacent to an activating group) is 1. The van der Waals surface area contributed by atoms with Gasteiger partial charge in [0.1, 0.15) is 12.2 Å². The number of hydrogen-bond donors (Lipinski definition) is 2. The SMILES string of the molecule is CNC(=O)Cn1cc(CNCC(C)C)c2cccnc21. The summed E-state index contributed by atoms with van der Waals surface area (Å²) >= 11 is 0. The zero-order chi connectivity index (χ0) is 14.5. The summed E-state index contributed by atoms with van der Waals surface area (Å²) in [6, 6.07) is 3.98. The molecule has 20 heavy (non-hydrogen) atoms. The maximum absolute atomic E-state index is 11.6. The van der Waals surface area contributed by atoms with Crippen LogP contribution in [-0.2, 0) is 17.9 Å². The molecule has 2 rings (SSSR count). The van der Waals surface area contributed by atoms with Crippen LogP contribution in [0, 0.1) is 5.92 Å². The average Bonchev–Trinajstić information content (AvgIpc) is 2.77. The van der Waals surface area contributed by atoms with Crippen LogP contribution in [0.1, 0.15) is 19.4 Å². The minimum Gasteiger partial charge on any atom is -0.358 e. The summed E-state index contributed by atoms with van der Waals surface area (Å²) in [6.07, 6.45) is 3.77. The number of carbonyl (C=O) groups is 1. The fourth-order valence-corrected chi connectivity index (χ4v) is 2.19. The lowest BCUT2D eigenvalue weighted by molar-refractivity contribution is -0.121. The van der Waals surface area contributed by atoms with Gasteiger partial charge in [-0.3, -0.25) is 4.79 Å². The molecule has 0 aromatic carbocycles. The summed E-state index contributed by atoms with van der Waals surface area (Å²) in [7, 11) is 1.65. The van der Waals surface area contributed by atoms with Crippen molar-refractivity contribution in [3.8, 4) is 0 Å². The molecule has 0 fully saturated rings. The van der Waals surface area contributed by atoms with E-state index in [0.29, 0.717) is 12.5 Å². The molecular weight excluding hydrogens is 252 g/mol. The third-order valence-electron chi connectivity index (χ3n) is 3.18. The minimum atomic E-state index is -0.0192. The van der Waals surface area contributed by atoms with Crippen LogP contribution in [-0.4, -0.2) is 29.1 Å². The number of nitrogens with zero attached hydrogens (tertiary/aromatic N) is 2. The average molecular weight is 274 g/mol. The van der Waals surface area contributed by atoms with Crippen molar-refractivity contribution in [3.63, 3.8) is 0 Å². The second-order valence-electron chi connectivity index (χ2n) is 5.35. The number of carbonyl (C=O) groups excluding carboxylic acids is 1. The van der Waals surface area contributed by atoms with Gasteiger partial charge in [0.15, 0.2) is 0 Å². The summed E-state index contributed by atoms with van der Waals surface area (Å²) in [5.74, 6) is 0.599. The smallest absolute Gasteiger partial charge is 0.239 e. The number of rotatable bonds is 6. The molecule has 1 amide bonds. The van der Waals surface area contributed by atoms with Gasteiger partial charge in [-0.1, -0.05) is 13.8 Å². The molecule has 0 bridgehead atoms. The zero-order valence-electron chi connectivity index (χ0n) is 12.3. The Labute approximate surface area is 119 Å². The maximum Gasteiger partial charge on any atom is 0.239 e. The number of fused-ring (bicyclic) bond motifs is 1. The molecule has 5 nitrogen and oxygen atoms in total. The van der Waals surface area contributed by atoms with Crippen LogP contribution in [0.15, 0.2) is 24.5 Å². The molecule has 0 spiro atoms. The van der Waals surface area contributed by atoms with Gasteiger partial charge in [-0.2, -0.15) is 0 Å². The molecule has 0 aliphatic rings. The lowest BCUT2D eigenvalue weighted by Crippen LogP contribution is -2.23. The Morgan fingerprint density at radius 2 is 2.25 bits per heavy atom. The van der Waals surface area contributed by atoms with E-state index in [1.807, 2.05) is 16.8 Å². The summed E-state index contributed by atoms with van der Waals surface area (Å²) in [6.45, 7) is 6.44. The first-order valence-corrected chi connectivity index (χ1v) is 6.96. The summed E-state index contributed by atoms with van der Waals surface area (Å²) < 4.78 is 1.90. The largest absolute Gasteiger partial charge is 0.358 e. The molecule has 2 N–H and O–H groups in total. The Morgan fingerprint density at radius 3 is 2.95 bits per heavy atom. The lowest BCUT2D eigenvalue weighted by Gasteiger charge is -2.06. The number of aromatic nitrogens is 2. The number of pyridine rings is 1. The Bertz CT molecular complexity index is 589. The molecular formula is C15H22N4O. The van der Waals surface area contributed by atoms with Gasteiger partial charge in [0.05, 0.1) is 0 Å². The van der Waals surface area contributed by atoms with Gasteiger partial charge in [-0.05, 0) is 30.2 Å². The van der Waals surface area contributed by atoms with Gasteiger partial charge in [0.2, 0.25) is 5.91 Å². The molecule has 0 aliphatic heterocycles. The van der Waals surface area contributed by atoms with Crippen LogP contribution < -0.4 is 10.6 Å². The van der Waals surface area contributed by atoms with E-state index in [2.05, 4.69) is 35.5 Å². The van der Waals surface area contributed by atoms with E-state index >= 15 is 0 Å². The molecule has 0 saturated heterocycles. The Hall–Kier alpha value is -1.88. The van der Waals surface area contributed by atoms with Gasteiger partial charge in [0, 0.05) is 31.4 Å². The summed E-state index contributed by atoms with van der Waals surface area (Å²) in [5.41, 5.74) is 2.04. The van der Waals surface area contributed by atoms with E-state index < -0.39 is 0 Å². The van der Waals surface area contributed by atoms with Crippen LogP contribution in [0.3, 0.4) is 0 Å². The maximum atomic E-state index is 11.6. The van der Waals surface area contributed by atoms with Crippen molar-refractivity contribution in [2.24, 2.45) is 5.92 Å². The highest BCUT2D eigenvalue weighted by molar-refractivity contribution is 5.83. The quantitative estimate of drug-likeness (QED) is 0.840. The first-order valence-electron chi connectivity index (χ1n) is 6.96. The Kier molecular flexibility index (Phi) is 4.74. The third kappa shape index (κ3) is 3.36. The van der Waals surface area contributed by atoms with E-state index in [4.69, 9.17) is 0 Å². The molecule has 0 saturated carbocycles. The van der Waals surface area contributed by atoms with E-state index in [-0.39, 0.29) is 5.91 Å². The molecule has 108 valence electrons. The minimum absolute atomic E-state index is 0.0192. The van der Waals surface area contributed by atoms with Crippen molar-refractivity contribution in [1.82, 2.24) is 20.2 Å². The fourth-order valence-electron chi connectivity index (χ4n) is 2.19. The number of nitrogens with one attached hydrogen (secondary N) is 2. The van der Waals surface area contributed by atoms with Gasteiger partial charge in [0.25, 0.3) is 0 Å². The Morgan fingerprint density at radius 1 is 1.45 bits per heavy atom. The summed E-state index contributed by atoms with van der Waals surface area (Å²) in [5, 5.41) is 7.18. The zero-order valence-corrected chi connectivity index (χ0v) is 12.3. The van der Waals surface area contributed by atoms with E-state index in [0.717, 1.165) is 24.1 Å². The highest BCUT2D eigenvalue weighted by atomic mass is 16.1. The van der Waals surface area contributed by atoms with Crippen molar-refractivity contribution in [2.45, 2.75) is 26.9 Å². The molecule has 5 heteroatoms. The third-order valence-corrected chi connectivity index (χ3v) is 3.18. The van der Waals surface area contributed by atoms with Gasteiger partial charge < -0.3 is 15.2 Å². The van der Waals surface area contributed by atoms with Crippen LogP contribution in [0.25, 0.3) is 11.0 Å². The normalized spacial score (nSPS) is 11.2. The van der Waals surface area contributed by atoms with Crippen molar-refractivity contribution in [3.05, 3.63) is 30.1 Å². The van der Waals surface area contributed by atoms with Crippen molar-refractivity contribution in [1.29, 1.82) is 0 Å². The van der Waals surface area contributed by atoms with E-state index in [1.54, 1.807) is 13.2 Å². The second kappa shape index (κ2) is 6.52. The lowest BCUT2D eigenvalue weighted by atomic mass is 10.2. The van der Waals surface area contributed by atoms with Gasteiger partial charge in [-0.25, -0.2) is 4.98 Å². The molecule has 2 aromatic rings. The molecule has 2 aromatic heterocycles. The van der Waals surface area contributed by atoms with Crippen molar-refractivity contribution >= 4 is 16.9 Å².